The maximum absolute atomic E-state index is 12.6. The lowest BCUT2D eigenvalue weighted by molar-refractivity contribution is -0.385. The van der Waals surface area contributed by atoms with E-state index < -0.39 is 29.1 Å². The second kappa shape index (κ2) is 9.25. The number of fused-ring (bicyclic) bond motifs is 1. The highest BCUT2D eigenvalue weighted by Crippen LogP contribution is 2.36. The highest BCUT2D eigenvalue weighted by molar-refractivity contribution is 5.96. The van der Waals surface area contributed by atoms with E-state index in [9.17, 15) is 19.7 Å². The monoisotopic (exact) mass is 414 g/mol. The molecule has 0 bridgehead atoms. The molecule has 1 aliphatic heterocycles. The molecule has 0 fully saturated rings. The molecule has 9 nitrogen and oxygen atoms in total. The molecule has 0 unspecified atom stereocenters. The third kappa shape index (κ3) is 4.86. The lowest BCUT2D eigenvalue weighted by atomic mass is 10.1. The van der Waals surface area contributed by atoms with Gasteiger partial charge in [-0.15, -0.1) is 0 Å². The van der Waals surface area contributed by atoms with Gasteiger partial charge in [0.2, 0.25) is 0 Å². The number of carbonyl (C=O) groups excluding carboxylic acids is 2. The first-order valence-corrected chi connectivity index (χ1v) is 9.45. The number of nitrogens with zero attached hydrogens (tertiary/aromatic N) is 2. The molecule has 0 saturated heterocycles. The summed E-state index contributed by atoms with van der Waals surface area (Å²) in [5.41, 5.74) is 0.172. The van der Waals surface area contributed by atoms with Crippen LogP contribution in [-0.4, -0.2) is 47.6 Å². The summed E-state index contributed by atoms with van der Waals surface area (Å²) < 4.78 is 15.8. The van der Waals surface area contributed by atoms with Crippen molar-refractivity contribution in [1.29, 1.82) is 0 Å². The Balaban J connectivity index is 1.72. The number of carbonyl (C=O) groups is 2. The summed E-state index contributed by atoms with van der Waals surface area (Å²) in [6, 6.07) is 11.6. The van der Waals surface area contributed by atoms with Crippen molar-refractivity contribution in [3.05, 3.63) is 63.7 Å². The molecule has 3 rings (SSSR count). The molecule has 0 aromatic heterocycles. The summed E-state index contributed by atoms with van der Waals surface area (Å²) in [7, 11) is 0. The third-order valence-electron chi connectivity index (χ3n) is 4.54. The van der Waals surface area contributed by atoms with Gasteiger partial charge >= 0.3 is 5.97 Å². The number of hydrogen-bond donors (Lipinski definition) is 0. The van der Waals surface area contributed by atoms with E-state index in [2.05, 4.69) is 0 Å². The summed E-state index contributed by atoms with van der Waals surface area (Å²) >= 11 is 0. The molecule has 0 radical (unpaired) electrons. The molecule has 30 heavy (non-hydrogen) atoms. The Morgan fingerprint density at radius 2 is 1.77 bits per heavy atom. The summed E-state index contributed by atoms with van der Waals surface area (Å²) in [6.45, 7) is 4.06. The van der Waals surface area contributed by atoms with E-state index in [1.807, 2.05) is 44.2 Å². The molecule has 0 spiro atoms. The molecule has 0 saturated carbocycles. The van der Waals surface area contributed by atoms with Crippen LogP contribution in [0.3, 0.4) is 0 Å². The quantitative estimate of drug-likeness (QED) is 0.389. The van der Waals surface area contributed by atoms with Gasteiger partial charge in [0.05, 0.1) is 11.0 Å². The Kier molecular flexibility index (Phi) is 6.51. The van der Waals surface area contributed by atoms with Crippen molar-refractivity contribution in [3.8, 4) is 11.5 Å². The second-order valence-corrected chi connectivity index (χ2v) is 6.95. The van der Waals surface area contributed by atoms with Gasteiger partial charge in [0.15, 0.2) is 18.1 Å². The van der Waals surface area contributed by atoms with Crippen LogP contribution in [0.1, 0.15) is 29.8 Å². The molecule has 2 aromatic rings. The summed E-state index contributed by atoms with van der Waals surface area (Å²) in [6.07, 6.45) is 0. The lowest BCUT2D eigenvalue weighted by Gasteiger charge is -2.26. The van der Waals surface area contributed by atoms with Crippen LogP contribution in [0.4, 0.5) is 5.69 Å². The molecule has 9 heteroatoms. The molecule has 0 atom stereocenters. The van der Waals surface area contributed by atoms with Gasteiger partial charge in [-0.05, 0) is 19.4 Å². The fourth-order valence-corrected chi connectivity index (χ4v) is 3.02. The Labute approximate surface area is 173 Å². The Bertz CT molecular complexity index is 944. The first kappa shape index (κ1) is 21.1. The van der Waals surface area contributed by atoms with E-state index in [0.29, 0.717) is 6.54 Å². The van der Waals surface area contributed by atoms with Crippen LogP contribution < -0.4 is 9.47 Å². The Hall–Kier alpha value is -3.62. The van der Waals surface area contributed by atoms with Gasteiger partial charge in [-0.1, -0.05) is 30.3 Å². The molecule has 1 heterocycles. The minimum absolute atomic E-state index is 0.125. The van der Waals surface area contributed by atoms with Gasteiger partial charge in [-0.2, -0.15) is 0 Å². The maximum atomic E-state index is 12.6. The van der Waals surface area contributed by atoms with Gasteiger partial charge in [-0.25, -0.2) is 4.79 Å². The average Bonchev–Trinajstić information content (AvgIpc) is 2.75. The molecule has 158 valence electrons. The van der Waals surface area contributed by atoms with E-state index in [1.54, 1.807) is 4.90 Å². The van der Waals surface area contributed by atoms with Gasteiger partial charge < -0.3 is 19.1 Å². The minimum atomic E-state index is -0.976. The lowest BCUT2D eigenvalue weighted by Crippen LogP contribution is -2.39. The minimum Gasteiger partial charge on any atom is -0.486 e. The molecule has 0 aliphatic carbocycles. The molecule has 2 aromatic carbocycles. The van der Waals surface area contributed by atoms with Crippen molar-refractivity contribution in [1.82, 2.24) is 4.90 Å². The number of esters is 1. The molecule has 0 N–H and O–H groups in total. The largest absolute Gasteiger partial charge is 0.486 e. The normalized spacial score (nSPS) is 12.4. The van der Waals surface area contributed by atoms with E-state index in [4.69, 9.17) is 14.2 Å². The zero-order valence-electron chi connectivity index (χ0n) is 16.7. The fourth-order valence-electron chi connectivity index (χ4n) is 3.02. The number of nitro benzene ring substituents is 1. The predicted octanol–water partition coefficient (Wildman–Crippen LogP) is 2.96. The van der Waals surface area contributed by atoms with Crippen molar-refractivity contribution in [2.24, 2.45) is 0 Å². The van der Waals surface area contributed by atoms with Crippen molar-refractivity contribution in [2.45, 2.75) is 26.4 Å². The van der Waals surface area contributed by atoms with Gasteiger partial charge in [-0.3, -0.25) is 14.9 Å². The zero-order valence-corrected chi connectivity index (χ0v) is 16.7. The maximum Gasteiger partial charge on any atom is 0.345 e. The molecular weight excluding hydrogens is 392 g/mol. The van der Waals surface area contributed by atoms with Crippen LogP contribution in [0.25, 0.3) is 0 Å². The average molecular weight is 414 g/mol. The highest BCUT2D eigenvalue weighted by Gasteiger charge is 2.28. The van der Waals surface area contributed by atoms with E-state index in [-0.39, 0.29) is 36.3 Å². The number of ether oxygens (including phenoxy) is 3. The van der Waals surface area contributed by atoms with E-state index in [0.717, 1.165) is 11.6 Å². The van der Waals surface area contributed by atoms with Crippen molar-refractivity contribution in [3.63, 3.8) is 0 Å². The molecular formula is C21H22N2O7. The first-order chi connectivity index (χ1) is 14.4. The SMILES string of the molecule is CC(C)N(Cc1ccccc1)C(=O)COC(=O)c1cc2c(cc1[N+](=O)[O-])OCCO2. The predicted molar refractivity (Wildman–Crippen MR) is 106 cm³/mol. The Morgan fingerprint density at radius 1 is 1.13 bits per heavy atom. The van der Waals surface area contributed by atoms with Crippen molar-refractivity contribution < 1.29 is 28.7 Å². The van der Waals surface area contributed by atoms with Gasteiger partial charge in [0.1, 0.15) is 18.8 Å². The number of amides is 1. The standard InChI is InChI=1S/C21H22N2O7/c1-14(2)22(12-15-6-4-3-5-7-15)20(24)13-30-21(25)16-10-18-19(29-9-8-28-18)11-17(16)23(26)27/h3-7,10-11,14H,8-9,12-13H2,1-2H3. The third-order valence-corrected chi connectivity index (χ3v) is 4.54. The highest BCUT2D eigenvalue weighted by atomic mass is 16.6. The summed E-state index contributed by atoms with van der Waals surface area (Å²) in [5, 5.41) is 11.4. The number of rotatable bonds is 7. The van der Waals surface area contributed by atoms with Crippen molar-refractivity contribution >= 4 is 17.6 Å². The number of benzene rings is 2. The van der Waals surface area contributed by atoms with E-state index in [1.165, 1.54) is 6.07 Å². The van der Waals surface area contributed by atoms with Crippen LogP contribution in [0, 0.1) is 10.1 Å². The van der Waals surface area contributed by atoms with Crippen LogP contribution in [0.2, 0.25) is 0 Å². The number of nitro groups is 1. The van der Waals surface area contributed by atoms with Crippen LogP contribution in [0.5, 0.6) is 11.5 Å². The smallest absolute Gasteiger partial charge is 0.345 e. The van der Waals surface area contributed by atoms with Crippen LogP contribution in [-0.2, 0) is 16.1 Å². The summed E-state index contributed by atoms with van der Waals surface area (Å²) in [5.74, 6) is -0.967. The number of hydrogen-bond acceptors (Lipinski definition) is 7. The van der Waals surface area contributed by atoms with E-state index >= 15 is 0 Å². The molecule has 1 amide bonds. The van der Waals surface area contributed by atoms with Crippen molar-refractivity contribution in [2.75, 3.05) is 19.8 Å². The fraction of sp³-hybridized carbons (Fsp3) is 0.333. The first-order valence-electron chi connectivity index (χ1n) is 9.45. The summed E-state index contributed by atoms with van der Waals surface area (Å²) in [4.78, 5) is 37.4. The zero-order chi connectivity index (χ0) is 21.7. The van der Waals surface area contributed by atoms with Crippen LogP contribution in [0.15, 0.2) is 42.5 Å². The second-order valence-electron chi connectivity index (χ2n) is 6.95. The Morgan fingerprint density at radius 3 is 2.37 bits per heavy atom. The van der Waals surface area contributed by atoms with Gasteiger partial charge in [0.25, 0.3) is 11.6 Å². The molecule has 1 aliphatic rings. The topological polar surface area (TPSA) is 108 Å². The van der Waals surface area contributed by atoms with Crippen LogP contribution >= 0.6 is 0 Å². The van der Waals surface area contributed by atoms with Gasteiger partial charge in [0, 0.05) is 18.7 Å².